The molecule has 0 N–H and O–H groups in total. The van der Waals surface area contributed by atoms with E-state index in [2.05, 4.69) is 146 Å². The summed E-state index contributed by atoms with van der Waals surface area (Å²) in [6.45, 7) is 19.4. The van der Waals surface area contributed by atoms with Crippen molar-refractivity contribution < 1.29 is 9.47 Å². The fraction of sp³-hybridized carbons (Fsp3) is 0.348. The first-order valence-corrected chi connectivity index (χ1v) is 18.3. The van der Waals surface area contributed by atoms with E-state index in [9.17, 15) is 0 Å². The van der Waals surface area contributed by atoms with Crippen LogP contribution in [0.25, 0.3) is 22.3 Å². The van der Waals surface area contributed by atoms with E-state index in [-0.39, 0.29) is 28.4 Å². The minimum atomic E-state index is -0.0418. The monoisotopic (exact) mass is 642 g/mol. The van der Waals surface area contributed by atoms with Gasteiger partial charge in [0.15, 0.2) is 0 Å². The molecular weight excluding hydrogens is 595 g/mol. The topological polar surface area (TPSA) is 18.5 Å². The van der Waals surface area contributed by atoms with Gasteiger partial charge in [0.25, 0.3) is 6.71 Å². The van der Waals surface area contributed by atoms with Gasteiger partial charge in [0.2, 0.25) is 0 Å². The smallest absolute Gasteiger partial charge is 0.260 e. The molecule has 0 radical (unpaired) electrons. The second-order valence-electron chi connectivity index (χ2n) is 17.8. The van der Waals surface area contributed by atoms with Crippen LogP contribution in [0.4, 0.5) is 0 Å². The molecule has 0 bridgehead atoms. The predicted octanol–water partition coefficient (Wildman–Crippen LogP) is 10.4. The third-order valence-electron chi connectivity index (χ3n) is 12.6. The zero-order valence-corrected chi connectivity index (χ0v) is 30.4. The Balaban J connectivity index is 1.43. The highest BCUT2D eigenvalue weighted by Crippen LogP contribution is 2.56. The van der Waals surface area contributed by atoms with Gasteiger partial charge >= 0.3 is 0 Å². The van der Waals surface area contributed by atoms with Crippen LogP contribution in [0.2, 0.25) is 0 Å². The van der Waals surface area contributed by atoms with Gasteiger partial charge in [0, 0.05) is 16.6 Å². The molecule has 5 aromatic rings. The van der Waals surface area contributed by atoms with E-state index in [0.29, 0.717) is 0 Å². The number of ether oxygens (including phenoxy) is 2. The molecule has 2 nitrogen and oxygen atoms in total. The standard InChI is InChI=1S/C46H47BO2/c1-43(2)22-24-45(5,6)38-36(43)30(28-16-11-9-12-17-28)26-32-41(38)48-34-20-15-21-35-40(34)47(32)33-27-31(29-18-13-10-14-19-29)37-39(42(33)49-35)46(7,8)25-23-44(37,3)4/h9-21,26-27H,22-25H2,1-8H3. The highest BCUT2D eigenvalue weighted by molar-refractivity contribution is 6.98. The molecule has 0 aromatic heterocycles. The molecule has 0 amide bonds. The second kappa shape index (κ2) is 10.2. The van der Waals surface area contributed by atoms with Crippen molar-refractivity contribution in [1.29, 1.82) is 0 Å². The van der Waals surface area contributed by atoms with Crippen molar-refractivity contribution in [3.05, 3.63) is 113 Å². The summed E-state index contributed by atoms with van der Waals surface area (Å²) in [6, 6.07) is 33.5. The first-order chi connectivity index (χ1) is 23.3. The summed E-state index contributed by atoms with van der Waals surface area (Å²) in [4.78, 5) is 0. The summed E-state index contributed by atoms with van der Waals surface area (Å²) >= 11 is 0. The van der Waals surface area contributed by atoms with Crippen LogP contribution in [0.3, 0.4) is 0 Å². The van der Waals surface area contributed by atoms with Crippen LogP contribution in [0, 0.1) is 0 Å². The number of rotatable bonds is 2. The third-order valence-corrected chi connectivity index (χ3v) is 12.6. The molecule has 0 spiro atoms. The van der Waals surface area contributed by atoms with Gasteiger partial charge in [-0.15, -0.1) is 0 Å². The summed E-state index contributed by atoms with van der Waals surface area (Å²) in [6.07, 6.45) is 4.52. The van der Waals surface area contributed by atoms with Crippen molar-refractivity contribution in [3.8, 4) is 45.3 Å². The Labute approximate surface area is 293 Å². The zero-order valence-electron chi connectivity index (χ0n) is 30.4. The maximum atomic E-state index is 7.18. The average Bonchev–Trinajstić information content (AvgIpc) is 3.08. The number of fused-ring (bicyclic) bond motifs is 8. The molecule has 0 fully saturated rings. The highest BCUT2D eigenvalue weighted by atomic mass is 16.5. The van der Waals surface area contributed by atoms with E-state index in [1.807, 2.05) is 0 Å². The van der Waals surface area contributed by atoms with Crippen molar-refractivity contribution >= 4 is 23.1 Å². The summed E-state index contributed by atoms with van der Waals surface area (Å²) in [5.41, 5.74) is 14.5. The van der Waals surface area contributed by atoms with Crippen molar-refractivity contribution in [1.82, 2.24) is 0 Å². The van der Waals surface area contributed by atoms with Crippen LogP contribution in [-0.2, 0) is 21.7 Å². The SMILES string of the molecule is CC1(C)CCC(C)(C)c2c3c(cc(-c4ccccc4)c21)B1c2cc(-c4ccccc4)c4c(c2Oc2cccc(c21)O3)C(C)(C)CCC4(C)C. The lowest BCUT2D eigenvalue weighted by Gasteiger charge is -2.47. The Bertz CT molecular complexity index is 2020. The Morgan fingerprint density at radius 1 is 0.449 bits per heavy atom. The second-order valence-corrected chi connectivity index (χ2v) is 17.8. The van der Waals surface area contributed by atoms with Gasteiger partial charge in [-0.3, -0.25) is 0 Å². The lowest BCUT2D eigenvalue weighted by atomic mass is 9.33. The summed E-state index contributed by atoms with van der Waals surface area (Å²) in [7, 11) is 0. The van der Waals surface area contributed by atoms with Crippen molar-refractivity contribution in [2.24, 2.45) is 0 Å². The molecule has 2 aliphatic carbocycles. The van der Waals surface area contributed by atoms with Gasteiger partial charge in [-0.05, 0) is 104 Å². The molecule has 4 aliphatic rings. The van der Waals surface area contributed by atoms with E-state index in [0.717, 1.165) is 54.1 Å². The fourth-order valence-corrected chi connectivity index (χ4v) is 9.84. The highest BCUT2D eigenvalue weighted by Gasteiger charge is 2.50. The summed E-state index contributed by atoms with van der Waals surface area (Å²) < 4.78 is 14.4. The zero-order chi connectivity index (χ0) is 34.1. The lowest BCUT2D eigenvalue weighted by molar-refractivity contribution is 0.319. The quantitative estimate of drug-likeness (QED) is 0.175. The van der Waals surface area contributed by atoms with Crippen molar-refractivity contribution in [3.63, 3.8) is 0 Å². The Morgan fingerprint density at radius 2 is 0.816 bits per heavy atom. The Hall–Kier alpha value is -4.24. The van der Waals surface area contributed by atoms with Crippen LogP contribution in [0.5, 0.6) is 23.0 Å². The molecule has 246 valence electrons. The molecule has 0 saturated heterocycles. The van der Waals surface area contributed by atoms with Gasteiger partial charge < -0.3 is 9.47 Å². The third kappa shape index (κ3) is 4.40. The van der Waals surface area contributed by atoms with E-state index in [4.69, 9.17) is 9.47 Å². The number of hydrogen-bond acceptors (Lipinski definition) is 2. The molecule has 9 rings (SSSR count). The predicted molar refractivity (Wildman–Crippen MR) is 206 cm³/mol. The Kier molecular flexibility index (Phi) is 6.38. The van der Waals surface area contributed by atoms with Crippen molar-refractivity contribution in [2.75, 3.05) is 0 Å². The maximum Gasteiger partial charge on any atom is 0.260 e. The number of hydrogen-bond donors (Lipinski definition) is 0. The maximum absolute atomic E-state index is 7.18. The van der Waals surface area contributed by atoms with Crippen LogP contribution in [-0.4, -0.2) is 6.71 Å². The molecule has 0 saturated carbocycles. The molecule has 49 heavy (non-hydrogen) atoms. The van der Waals surface area contributed by atoms with Crippen molar-refractivity contribution in [2.45, 2.75) is 103 Å². The van der Waals surface area contributed by atoms with Gasteiger partial charge in [0.1, 0.15) is 23.0 Å². The minimum Gasteiger partial charge on any atom is -0.458 e. The van der Waals surface area contributed by atoms with Crippen LogP contribution >= 0.6 is 0 Å². The summed E-state index contributed by atoms with van der Waals surface area (Å²) in [5, 5.41) is 0. The first-order valence-electron chi connectivity index (χ1n) is 18.3. The fourth-order valence-electron chi connectivity index (χ4n) is 9.84. The van der Waals surface area contributed by atoms with Crippen LogP contribution in [0.15, 0.2) is 91.0 Å². The number of benzene rings is 5. The average molecular weight is 643 g/mol. The molecule has 2 heterocycles. The van der Waals surface area contributed by atoms with Crippen LogP contribution < -0.4 is 25.9 Å². The summed E-state index contributed by atoms with van der Waals surface area (Å²) in [5.74, 6) is 3.98. The molecule has 0 atom stereocenters. The van der Waals surface area contributed by atoms with Gasteiger partial charge in [-0.25, -0.2) is 0 Å². The normalized spacial score (nSPS) is 19.6. The minimum absolute atomic E-state index is 0.0131. The van der Waals surface area contributed by atoms with E-state index in [1.54, 1.807) is 0 Å². The van der Waals surface area contributed by atoms with E-state index < -0.39 is 0 Å². The Morgan fingerprint density at radius 3 is 1.20 bits per heavy atom. The van der Waals surface area contributed by atoms with E-state index >= 15 is 0 Å². The van der Waals surface area contributed by atoms with E-state index in [1.165, 1.54) is 55.4 Å². The largest absolute Gasteiger partial charge is 0.458 e. The molecular formula is C46H47BO2. The first kappa shape index (κ1) is 30.8. The molecule has 3 heteroatoms. The van der Waals surface area contributed by atoms with Gasteiger partial charge in [0.05, 0.1) is 0 Å². The molecule has 5 aromatic carbocycles. The van der Waals surface area contributed by atoms with Crippen LogP contribution in [0.1, 0.15) is 103 Å². The molecule has 0 unspecified atom stereocenters. The lowest BCUT2D eigenvalue weighted by Crippen LogP contribution is -2.59. The van der Waals surface area contributed by atoms with Gasteiger partial charge in [-0.1, -0.05) is 134 Å². The van der Waals surface area contributed by atoms with Gasteiger partial charge in [-0.2, -0.15) is 0 Å². The molecule has 2 aliphatic heterocycles.